The number of carbonyl (C=O) groups excluding carboxylic acids is 1. The van der Waals surface area contributed by atoms with Crippen molar-refractivity contribution in [3.8, 4) is 0 Å². The van der Waals surface area contributed by atoms with Crippen LogP contribution in [0.15, 0.2) is 24.4 Å². The van der Waals surface area contributed by atoms with Gasteiger partial charge in [0.05, 0.1) is 11.7 Å². The number of hydrogen-bond acceptors (Lipinski definition) is 3. The van der Waals surface area contributed by atoms with E-state index in [1.807, 2.05) is 0 Å². The zero-order chi connectivity index (χ0) is 19.5. The normalized spacial score (nSPS) is 12.9. The maximum absolute atomic E-state index is 14.2. The van der Waals surface area contributed by atoms with E-state index in [1.54, 1.807) is 0 Å². The molecule has 26 heavy (non-hydrogen) atoms. The van der Waals surface area contributed by atoms with E-state index in [4.69, 9.17) is 0 Å². The first-order valence-corrected chi connectivity index (χ1v) is 8.42. The predicted molar refractivity (Wildman–Crippen MR) is 85.7 cm³/mol. The molecule has 1 unspecified atom stereocenters. The molecule has 2 aromatic rings. The number of hydrogen-bond donors (Lipinski definition) is 0. The zero-order valence-corrected chi connectivity index (χ0v) is 14.2. The van der Waals surface area contributed by atoms with Gasteiger partial charge in [-0.3, -0.25) is 9.78 Å². The largest absolute Gasteiger partial charge is 0.389 e. The summed E-state index contributed by atoms with van der Waals surface area (Å²) < 4.78 is 79.3. The number of benzene rings is 1. The number of aldehydes is 1. The quantitative estimate of drug-likeness (QED) is 0.374. The molecule has 140 valence electrons. The number of nitrogens with zero attached hydrogens (tertiary/aromatic N) is 1. The molecule has 1 atom stereocenters. The lowest BCUT2D eigenvalue weighted by Gasteiger charge is -2.21. The number of aromatic nitrogens is 1. The van der Waals surface area contributed by atoms with E-state index < -0.39 is 46.6 Å². The third kappa shape index (κ3) is 4.78. The first-order valence-electron chi connectivity index (χ1n) is 7.37. The topological polar surface area (TPSA) is 30.0 Å². The Balaban J connectivity index is 2.50. The summed E-state index contributed by atoms with van der Waals surface area (Å²) in [6, 6.07) is 2.66. The van der Waals surface area contributed by atoms with Crippen LogP contribution >= 0.6 is 11.8 Å². The SMILES string of the molecule is Cc1cc(C=O)ncc1C(SCCC(F)(F)F)c1c(F)ccc(F)c1F. The van der Waals surface area contributed by atoms with Crippen molar-refractivity contribution in [2.45, 2.75) is 24.8 Å². The Kier molecular flexibility index (Phi) is 6.33. The fraction of sp³-hybridized carbons (Fsp3) is 0.294. The summed E-state index contributed by atoms with van der Waals surface area (Å²) in [4.78, 5) is 14.6. The van der Waals surface area contributed by atoms with Crippen LogP contribution in [0.25, 0.3) is 0 Å². The minimum absolute atomic E-state index is 0.0606. The summed E-state index contributed by atoms with van der Waals surface area (Å²) in [5, 5.41) is -1.25. The Morgan fingerprint density at radius 2 is 1.85 bits per heavy atom. The molecule has 0 aliphatic carbocycles. The summed E-state index contributed by atoms with van der Waals surface area (Å²) in [5.41, 5.74) is -0.0211. The maximum Gasteiger partial charge on any atom is 0.389 e. The summed E-state index contributed by atoms with van der Waals surface area (Å²) in [7, 11) is 0. The molecule has 2 nitrogen and oxygen atoms in total. The molecule has 0 aliphatic rings. The first kappa shape index (κ1) is 20.3. The molecule has 9 heteroatoms. The summed E-state index contributed by atoms with van der Waals surface area (Å²) in [5.74, 6) is -4.34. The summed E-state index contributed by atoms with van der Waals surface area (Å²) in [6.45, 7) is 1.52. The highest BCUT2D eigenvalue weighted by Gasteiger charge is 2.30. The fourth-order valence-corrected chi connectivity index (χ4v) is 3.73. The van der Waals surface area contributed by atoms with Crippen molar-refractivity contribution < 1.29 is 31.1 Å². The summed E-state index contributed by atoms with van der Waals surface area (Å²) >= 11 is 0.624. The van der Waals surface area contributed by atoms with E-state index in [0.717, 1.165) is 6.20 Å². The molecular formula is C17H13F6NOS. The van der Waals surface area contributed by atoms with Crippen LogP contribution in [0.1, 0.15) is 38.8 Å². The third-order valence-corrected chi connectivity index (χ3v) is 4.85. The van der Waals surface area contributed by atoms with Gasteiger partial charge in [-0.05, 0) is 36.2 Å². The molecule has 1 aromatic carbocycles. The van der Waals surface area contributed by atoms with Crippen LogP contribution in [0.2, 0.25) is 0 Å². The number of carbonyl (C=O) groups is 1. The lowest BCUT2D eigenvalue weighted by atomic mass is 10.00. The molecule has 2 rings (SSSR count). The second-order valence-electron chi connectivity index (χ2n) is 5.46. The predicted octanol–water partition coefficient (Wildman–Crippen LogP) is 5.39. The van der Waals surface area contributed by atoms with Crippen LogP contribution in [0.4, 0.5) is 26.3 Å². The van der Waals surface area contributed by atoms with E-state index in [-0.39, 0.29) is 11.3 Å². The molecule has 0 N–H and O–H groups in total. The van der Waals surface area contributed by atoms with Crippen molar-refractivity contribution in [1.82, 2.24) is 4.98 Å². The van der Waals surface area contributed by atoms with Gasteiger partial charge in [-0.1, -0.05) is 0 Å². The van der Waals surface area contributed by atoms with Crippen LogP contribution < -0.4 is 0 Å². The zero-order valence-electron chi connectivity index (χ0n) is 13.4. The molecular weight excluding hydrogens is 380 g/mol. The van der Waals surface area contributed by atoms with E-state index in [9.17, 15) is 31.1 Å². The van der Waals surface area contributed by atoms with Gasteiger partial charge in [0, 0.05) is 17.5 Å². The molecule has 1 heterocycles. The number of thioether (sulfide) groups is 1. The number of rotatable bonds is 6. The van der Waals surface area contributed by atoms with E-state index in [1.165, 1.54) is 13.0 Å². The Morgan fingerprint density at radius 3 is 2.42 bits per heavy atom. The number of alkyl halides is 3. The summed E-state index contributed by atoms with van der Waals surface area (Å²) in [6.07, 6.45) is -3.99. The van der Waals surface area contributed by atoms with E-state index in [0.29, 0.717) is 35.7 Å². The van der Waals surface area contributed by atoms with Gasteiger partial charge in [0.15, 0.2) is 17.9 Å². The van der Waals surface area contributed by atoms with Gasteiger partial charge in [-0.15, -0.1) is 11.8 Å². The second-order valence-corrected chi connectivity index (χ2v) is 6.67. The van der Waals surface area contributed by atoms with Gasteiger partial charge in [-0.25, -0.2) is 13.2 Å². The molecule has 0 saturated carbocycles. The second kappa shape index (κ2) is 8.11. The Labute approximate surface area is 149 Å². The van der Waals surface area contributed by atoms with Crippen molar-refractivity contribution in [3.63, 3.8) is 0 Å². The number of halogens is 6. The molecule has 0 aliphatic heterocycles. The van der Waals surface area contributed by atoms with Crippen molar-refractivity contribution in [1.29, 1.82) is 0 Å². The molecule has 0 fully saturated rings. The highest BCUT2D eigenvalue weighted by molar-refractivity contribution is 7.99. The molecule has 0 amide bonds. The van der Waals surface area contributed by atoms with Crippen LogP contribution in [0, 0.1) is 24.4 Å². The van der Waals surface area contributed by atoms with Crippen molar-refractivity contribution in [3.05, 3.63) is 64.2 Å². The minimum atomic E-state index is -4.44. The minimum Gasteiger partial charge on any atom is -0.296 e. The molecule has 0 bridgehead atoms. The van der Waals surface area contributed by atoms with Gasteiger partial charge in [0.1, 0.15) is 11.5 Å². The lowest BCUT2D eigenvalue weighted by Crippen LogP contribution is -2.12. The van der Waals surface area contributed by atoms with Gasteiger partial charge in [0.25, 0.3) is 0 Å². The lowest BCUT2D eigenvalue weighted by molar-refractivity contribution is -0.129. The standard InChI is InChI=1S/C17H13F6NOS/c1-9-6-10(8-25)24-7-11(9)16(26-5-4-17(21,22)23)14-12(18)2-3-13(19)15(14)20/h2-3,6-8,16H,4-5H2,1H3. The Hall–Kier alpha value is -2.03. The van der Waals surface area contributed by atoms with Crippen molar-refractivity contribution in [2.75, 3.05) is 5.75 Å². The van der Waals surface area contributed by atoms with E-state index >= 15 is 0 Å². The maximum atomic E-state index is 14.2. The molecule has 0 radical (unpaired) electrons. The van der Waals surface area contributed by atoms with Crippen molar-refractivity contribution >= 4 is 18.0 Å². The molecule has 0 spiro atoms. The number of pyridine rings is 1. The van der Waals surface area contributed by atoms with Gasteiger partial charge in [0.2, 0.25) is 0 Å². The highest BCUT2D eigenvalue weighted by Crippen LogP contribution is 2.41. The van der Waals surface area contributed by atoms with Crippen LogP contribution in [0.3, 0.4) is 0 Å². The number of aryl methyl sites for hydroxylation is 1. The third-order valence-electron chi connectivity index (χ3n) is 3.59. The van der Waals surface area contributed by atoms with Crippen LogP contribution in [0.5, 0.6) is 0 Å². The Bertz CT molecular complexity index is 809. The average molecular weight is 393 g/mol. The monoisotopic (exact) mass is 393 g/mol. The van der Waals surface area contributed by atoms with Crippen LogP contribution in [-0.4, -0.2) is 23.2 Å². The first-order chi connectivity index (χ1) is 12.1. The smallest absolute Gasteiger partial charge is 0.296 e. The van der Waals surface area contributed by atoms with Gasteiger partial charge in [-0.2, -0.15) is 13.2 Å². The van der Waals surface area contributed by atoms with E-state index in [2.05, 4.69) is 4.98 Å². The Morgan fingerprint density at radius 1 is 1.19 bits per heavy atom. The fourth-order valence-electron chi connectivity index (χ4n) is 2.33. The van der Waals surface area contributed by atoms with Gasteiger partial charge >= 0.3 is 6.18 Å². The average Bonchev–Trinajstić information content (AvgIpc) is 2.56. The van der Waals surface area contributed by atoms with Crippen molar-refractivity contribution in [2.24, 2.45) is 0 Å². The van der Waals surface area contributed by atoms with Gasteiger partial charge < -0.3 is 0 Å². The highest BCUT2D eigenvalue weighted by atomic mass is 32.2. The van der Waals surface area contributed by atoms with Crippen LogP contribution in [-0.2, 0) is 0 Å². The molecule has 0 saturated heterocycles. The molecule has 1 aromatic heterocycles.